The molecule has 2 heterocycles. The van der Waals surface area contributed by atoms with E-state index in [0.717, 1.165) is 41.7 Å². The van der Waals surface area contributed by atoms with Crippen LogP contribution in [0.3, 0.4) is 0 Å². The van der Waals surface area contributed by atoms with Crippen LogP contribution in [0.5, 0.6) is 17.5 Å². The van der Waals surface area contributed by atoms with Crippen LogP contribution < -0.4 is 14.8 Å². The fourth-order valence-electron chi connectivity index (χ4n) is 3.02. The zero-order valence-corrected chi connectivity index (χ0v) is 19.3. The van der Waals surface area contributed by atoms with E-state index in [1.807, 2.05) is 62.5 Å². The molecule has 0 saturated heterocycles. The van der Waals surface area contributed by atoms with Crippen molar-refractivity contribution in [3.63, 3.8) is 0 Å². The van der Waals surface area contributed by atoms with Gasteiger partial charge in [-0.25, -0.2) is 4.68 Å². The minimum absolute atomic E-state index is 0.267. The van der Waals surface area contributed by atoms with Gasteiger partial charge in [0.15, 0.2) is 11.5 Å². The fourth-order valence-corrected chi connectivity index (χ4v) is 3.81. The SMILES string of the molecule is CCOc1cc(CNCCCSc2nnnn2C)ccc1Oc1nnnn1-c1ccccc1. The first-order chi connectivity index (χ1) is 16.2. The normalized spacial score (nSPS) is 11.0. The van der Waals surface area contributed by atoms with Gasteiger partial charge in [0.25, 0.3) is 0 Å². The highest BCUT2D eigenvalue weighted by Crippen LogP contribution is 2.32. The average molecular weight is 468 g/mol. The third-order valence-corrected chi connectivity index (χ3v) is 5.69. The second-order valence-corrected chi connectivity index (χ2v) is 8.05. The van der Waals surface area contributed by atoms with E-state index >= 15 is 0 Å². The molecule has 12 heteroatoms. The summed E-state index contributed by atoms with van der Waals surface area (Å²) < 4.78 is 15.0. The van der Waals surface area contributed by atoms with E-state index in [0.29, 0.717) is 18.1 Å². The Labute approximate surface area is 195 Å². The Morgan fingerprint density at radius 2 is 1.85 bits per heavy atom. The van der Waals surface area contributed by atoms with E-state index in [-0.39, 0.29) is 6.01 Å². The third kappa shape index (κ3) is 6.05. The van der Waals surface area contributed by atoms with Crippen molar-refractivity contribution in [2.24, 2.45) is 7.05 Å². The van der Waals surface area contributed by atoms with Gasteiger partial charge in [0, 0.05) is 19.3 Å². The summed E-state index contributed by atoms with van der Waals surface area (Å²) in [5, 5.41) is 27.5. The molecule has 172 valence electrons. The molecule has 0 fully saturated rings. The summed E-state index contributed by atoms with van der Waals surface area (Å²) >= 11 is 1.64. The van der Waals surface area contributed by atoms with Crippen LogP contribution >= 0.6 is 11.8 Å². The van der Waals surface area contributed by atoms with Crippen LogP contribution in [0.2, 0.25) is 0 Å². The maximum atomic E-state index is 6.01. The van der Waals surface area contributed by atoms with Crippen LogP contribution in [0, 0.1) is 0 Å². The van der Waals surface area contributed by atoms with E-state index < -0.39 is 0 Å². The van der Waals surface area contributed by atoms with Crippen molar-refractivity contribution >= 4 is 11.8 Å². The van der Waals surface area contributed by atoms with Crippen LogP contribution in [0.25, 0.3) is 5.69 Å². The Morgan fingerprint density at radius 1 is 1.00 bits per heavy atom. The average Bonchev–Trinajstić information content (AvgIpc) is 3.47. The highest BCUT2D eigenvalue weighted by molar-refractivity contribution is 7.99. The number of nitrogens with one attached hydrogen (secondary N) is 1. The molecule has 0 atom stereocenters. The van der Waals surface area contributed by atoms with Crippen LogP contribution in [0.1, 0.15) is 18.9 Å². The standard InChI is InChI=1S/C21H25N9O2S/c1-3-31-19-14-16(15-22-12-7-13-33-21-24-26-27-29(21)2)10-11-18(19)32-20-23-25-28-30(20)17-8-5-4-6-9-17/h4-6,8-11,14,22H,3,7,12-13,15H2,1-2H3. The summed E-state index contributed by atoms with van der Waals surface area (Å²) in [5.41, 5.74) is 1.91. The molecule has 0 aliphatic heterocycles. The van der Waals surface area contributed by atoms with Gasteiger partial charge in [-0.3, -0.25) is 0 Å². The Balaban J connectivity index is 1.33. The summed E-state index contributed by atoms with van der Waals surface area (Å²) in [7, 11) is 1.84. The Morgan fingerprint density at radius 3 is 2.64 bits per heavy atom. The molecule has 2 aromatic heterocycles. The summed E-state index contributed by atoms with van der Waals surface area (Å²) in [6.45, 7) is 4.06. The van der Waals surface area contributed by atoms with E-state index in [4.69, 9.17) is 9.47 Å². The molecule has 11 nitrogen and oxygen atoms in total. The van der Waals surface area contributed by atoms with Gasteiger partial charge in [0.05, 0.1) is 12.3 Å². The highest BCUT2D eigenvalue weighted by Gasteiger charge is 2.14. The number of hydrogen-bond acceptors (Lipinski definition) is 10. The maximum Gasteiger partial charge on any atom is 0.346 e. The summed E-state index contributed by atoms with van der Waals surface area (Å²) in [6.07, 6.45) is 0.999. The predicted molar refractivity (Wildman–Crippen MR) is 123 cm³/mol. The lowest BCUT2D eigenvalue weighted by Gasteiger charge is -2.13. The second kappa shape index (κ2) is 11.4. The van der Waals surface area contributed by atoms with Gasteiger partial charge in [0.1, 0.15) is 0 Å². The van der Waals surface area contributed by atoms with Crippen LogP contribution in [-0.2, 0) is 13.6 Å². The lowest BCUT2D eigenvalue weighted by Crippen LogP contribution is -2.15. The summed E-state index contributed by atoms with van der Waals surface area (Å²) in [4.78, 5) is 0. The smallest absolute Gasteiger partial charge is 0.346 e. The molecule has 0 aliphatic carbocycles. The zero-order valence-electron chi connectivity index (χ0n) is 18.5. The topological polar surface area (TPSA) is 118 Å². The number of nitrogens with zero attached hydrogens (tertiary/aromatic N) is 8. The monoisotopic (exact) mass is 467 g/mol. The van der Waals surface area contributed by atoms with Gasteiger partial charge in [-0.05, 0) is 70.6 Å². The van der Waals surface area contributed by atoms with Crippen molar-refractivity contribution in [3.05, 3.63) is 54.1 Å². The summed E-state index contributed by atoms with van der Waals surface area (Å²) in [5.74, 6) is 2.14. The van der Waals surface area contributed by atoms with E-state index in [1.54, 1.807) is 21.1 Å². The van der Waals surface area contributed by atoms with Crippen LogP contribution in [0.4, 0.5) is 0 Å². The molecule has 0 unspecified atom stereocenters. The number of para-hydroxylation sites is 1. The second-order valence-electron chi connectivity index (χ2n) is 6.99. The minimum atomic E-state index is 0.267. The molecule has 0 radical (unpaired) electrons. The first kappa shape index (κ1) is 22.7. The van der Waals surface area contributed by atoms with Gasteiger partial charge < -0.3 is 14.8 Å². The number of tetrazole rings is 2. The van der Waals surface area contributed by atoms with Gasteiger partial charge in [-0.15, -0.1) is 5.10 Å². The van der Waals surface area contributed by atoms with Gasteiger partial charge in [-0.2, -0.15) is 4.68 Å². The third-order valence-electron chi connectivity index (χ3n) is 4.59. The van der Waals surface area contributed by atoms with Crippen molar-refractivity contribution in [2.45, 2.75) is 25.0 Å². The molecule has 4 rings (SSSR count). The van der Waals surface area contributed by atoms with E-state index in [1.165, 1.54) is 0 Å². The fraction of sp³-hybridized carbons (Fsp3) is 0.333. The van der Waals surface area contributed by atoms with E-state index in [9.17, 15) is 0 Å². The molecule has 0 bridgehead atoms. The van der Waals surface area contributed by atoms with Crippen molar-refractivity contribution in [1.29, 1.82) is 0 Å². The lowest BCUT2D eigenvalue weighted by atomic mass is 10.2. The number of rotatable bonds is 12. The van der Waals surface area contributed by atoms with Crippen molar-refractivity contribution < 1.29 is 9.47 Å². The predicted octanol–water partition coefficient (Wildman–Crippen LogP) is 2.65. The maximum absolute atomic E-state index is 6.01. The number of aromatic nitrogens is 8. The van der Waals surface area contributed by atoms with Crippen LogP contribution in [-0.4, -0.2) is 59.3 Å². The van der Waals surface area contributed by atoms with Crippen molar-refractivity contribution in [2.75, 3.05) is 18.9 Å². The summed E-state index contributed by atoms with van der Waals surface area (Å²) in [6, 6.07) is 15.7. The molecular formula is C21H25N9O2S. The molecule has 33 heavy (non-hydrogen) atoms. The Kier molecular flexibility index (Phi) is 7.82. The van der Waals surface area contributed by atoms with Gasteiger partial charge in [-0.1, -0.05) is 41.1 Å². The Bertz CT molecular complexity index is 1150. The zero-order chi connectivity index (χ0) is 22.9. The first-order valence-corrected chi connectivity index (χ1v) is 11.6. The molecule has 4 aromatic rings. The van der Waals surface area contributed by atoms with Crippen molar-refractivity contribution in [1.82, 2.24) is 45.7 Å². The lowest BCUT2D eigenvalue weighted by molar-refractivity contribution is 0.315. The Hall–Kier alpha value is -3.51. The number of hydrogen-bond donors (Lipinski definition) is 1. The van der Waals surface area contributed by atoms with Gasteiger partial charge in [0.2, 0.25) is 5.16 Å². The molecule has 1 N–H and O–H groups in total. The van der Waals surface area contributed by atoms with Crippen LogP contribution in [0.15, 0.2) is 53.7 Å². The minimum Gasteiger partial charge on any atom is -0.490 e. The molecule has 0 amide bonds. The van der Waals surface area contributed by atoms with Gasteiger partial charge >= 0.3 is 6.01 Å². The first-order valence-electron chi connectivity index (χ1n) is 10.6. The highest BCUT2D eigenvalue weighted by atomic mass is 32.2. The molecule has 0 spiro atoms. The molecule has 0 saturated carbocycles. The molecule has 0 aliphatic rings. The number of benzene rings is 2. The molecular weight excluding hydrogens is 442 g/mol. The quantitative estimate of drug-likeness (QED) is 0.246. The molecule has 2 aromatic carbocycles. The largest absolute Gasteiger partial charge is 0.490 e. The number of ether oxygens (including phenoxy) is 2. The van der Waals surface area contributed by atoms with Crippen molar-refractivity contribution in [3.8, 4) is 23.2 Å². The van der Waals surface area contributed by atoms with E-state index in [2.05, 4.69) is 36.4 Å². The number of thioether (sulfide) groups is 1. The number of aryl methyl sites for hydroxylation is 1.